The summed E-state index contributed by atoms with van der Waals surface area (Å²) in [6.45, 7) is 1.20. The Balaban J connectivity index is 3.26. The van der Waals surface area contributed by atoms with Crippen LogP contribution in [0.4, 0.5) is 8.78 Å². The molecule has 0 aliphatic heterocycles. The lowest BCUT2D eigenvalue weighted by Crippen LogP contribution is -2.40. The van der Waals surface area contributed by atoms with Crippen molar-refractivity contribution in [2.45, 2.75) is 18.2 Å². The first-order valence-electron chi connectivity index (χ1n) is 5.99. The van der Waals surface area contributed by atoms with Gasteiger partial charge in [0, 0.05) is 13.6 Å². The number of nitrogens with one attached hydrogen (secondary N) is 1. The number of hydrogen-bond acceptors (Lipinski definition) is 3. The van der Waals surface area contributed by atoms with Gasteiger partial charge >= 0.3 is 0 Å². The molecule has 1 N–H and O–H groups in total. The number of rotatable bonds is 6. The van der Waals surface area contributed by atoms with Crippen molar-refractivity contribution in [3.63, 3.8) is 0 Å². The van der Waals surface area contributed by atoms with E-state index in [2.05, 4.69) is 5.32 Å². The lowest BCUT2D eigenvalue weighted by atomic mass is 10.3. The Morgan fingerprint density at radius 2 is 1.85 bits per heavy atom. The SMILES string of the molecule is CCCN(CC(=O)NC)S(=O)(=O)c1c(F)cccc1F. The van der Waals surface area contributed by atoms with Crippen LogP contribution in [-0.4, -0.2) is 38.8 Å². The molecule has 5 nitrogen and oxygen atoms in total. The zero-order valence-electron chi connectivity index (χ0n) is 11.2. The first-order valence-corrected chi connectivity index (χ1v) is 7.43. The number of nitrogens with zero attached hydrogens (tertiary/aromatic N) is 1. The Labute approximate surface area is 116 Å². The molecular weight excluding hydrogens is 290 g/mol. The maximum Gasteiger partial charge on any atom is 0.249 e. The van der Waals surface area contributed by atoms with Crippen molar-refractivity contribution < 1.29 is 22.0 Å². The van der Waals surface area contributed by atoms with Crippen LogP contribution in [0.3, 0.4) is 0 Å². The zero-order valence-corrected chi connectivity index (χ0v) is 12.0. The molecule has 0 aliphatic carbocycles. The lowest BCUT2D eigenvalue weighted by molar-refractivity contribution is -0.120. The Morgan fingerprint density at radius 3 is 2.30 bits per heavy atom. The fraction of sp³-hybridized carbons (Fsp3) is 0.417. The highest BCUT2D eigenvalue weighted by Gasteiger charge is 2.31. The molecule has 1 aromatic rings. The van der Waals surface area contributed by atoms with Crippen molar-refractivity contribution in [3.8, 4) is 0 Å². The molecule has 0 saturated heterocycles. The van der Waals surface area contributed by atoms with Gasteiger partial charge in [0.15, 0.2) is 4.90 Å². The van der Waals surface area contributed by atoms with Crippen LogP contribution >= 0.6 is 0 Å². The average molecular weight is 306 g/mol. The third-order valence-electron chi connectivity index (χ3n) is 2.59. The molecule has 8 heteroatoms. The number of benzene rings is 1. The number of hydrogen-bond donors (Lipinski definition) is 1. The molecule has 1 rings (SSSR count). The van der Waals surface area contributed by atoms with Gasteiger partial charge in [-0.3, -0.25) is 4.79 Å². The highest BCUT2D eigenvalue weighted by molar-refractivity contribution is 7.89. The first kappa shape index (κ1) is 16.5. The highest BCUT2D eigenvalue weighted by atomic mass is 32.2. The predicted octanol–water partition coefficient (Wildman–Crippen LogP) is 1.11. The molecular formula is C12H16F2N2O3S. The van der Waals surface area contributed by atoms with E-state index < -0.39 is 39.0 Å². The molecule has 0 bridgehead atoms. The van der Waals surface area contributed by atoms with E-state index >= 15 is 0 Å². The Hall–Kier alpha value is -1.54. The van der Waals surface area contributed by atoms with Crippen LogP contribution in [0, 0.1) is 11.6 Å². The van der Waals surface area contributed by atoms with Gasteiger partial charge in [-0.1, -0.05) is 13.0 Å². The number of carbonyl (C=O) groups excluding carboxylic acids is 1. The largest absolute Gasteiger partial charge is 0.358 e. The molecule has 0 radical (unpaired) electrons. The monoisotopic (exact) mass is 306 g/mol. The van der Waals surface area contributed by atoms with Gasteiger partial charge in [-0.05, 0) is 18.6 Å². The quantitative estimate of drug-likeness (QED) is 0.856. The van der Waals surface area contributed by atoms with E-state index in [1.807, 2.05) is 0 Å². The Bertz CT molecular complexity index is 570. The van der Waals surface area contributed by atoms with Crippen LogP contribution in [0.15, 0.2) is 23.1 Å². The average Bonchev–Trinajstić information content (AvgIpc) is 2.37. The maximum atomic E-state index is 13.6. The second-order valence-electron chi connectivity index (χ2n) is 4.06. The van der Waals surface area contributed by atoms with Gasteiger partial charge in [0.25, 0.3) is 0 Å². The lowest BCUT2D eigenvalue weighted by Gasteiger charge is -2.21. The summed E-state index contributed by atoms with van der Waals surface area (Å²) in [6, 6.07) is 2.80. The number of amides is 1. The molecule has 1 amide bonds. The number of sulfonamides is 1. The van der Waals surface area contributed by atoms with Crippen molar-refractivity contribution in [3.05, 3.63) is 29.8 Å². The predicted molar refractivity (Wildman–Crippen MR) is 69.5 cm³/mol. The van der Waals surface area contributed by atoms with Crippen molar-refractivity contribution in [2.75, 3.05) is 20.1 Å². The molecule has 112 valence electrons. The minimum absolute atomic E-state index is 0.0104. The Morgan fingerprint density at radius 1 is 1.30 bits per heavy atom. The molecule has 0 unspecified atom stereocenters. The van der Waals surface area contributed by atoms with E-state index in [1.165, 1.54) is 7.05 Å². The number of carbonyl (C=O) groups is 1. The van der Waals surface area contributed by atoms with Gasteiger partial charge in [0.1, 0.15) is 11.6 Å². The van der Waals surface area contributed by atoms with Crippen molar-refractivity contribution in [2.24, 2.45) is 0 Å². The third kappa shape index (κ3) is 3.51. The van der Waals surface area contributed by atoms with Crippen molar-refractivity contribution >= 4 is 15.9 Å². The number of likely N-dealkylation sites (N-methyl/N-ethyl adjacent to an activating group) is 1. The summed E-state index contributed by atoms with van der Waals surface area (Å²) in [5.41, 5.74) is 0. The molecule has 1 aromatic carbocycles. The van der Waals surface area contributed by atoms with Gasteiger partial charge in [0.05, 0.1) is 6.54 Å². The van der Waals surface area contributed by atoms with Crippen LogP contribution in [0.5, 0.6) is 0 Å². The molecule has 0 aromatic heterocycles. The van der Waals surface area contributed by atoms with Crippen LogP contribution in [0.25, 0.3) is 0 Å². The minimum Gasteiger partial charge on any atom is -0.358 e. The van der Waals surface area contributed by atoms with Crippen molar-refractivity contribution in [1.82, 2.24) is 9.62 Å². The molecule has 0 spiro atoms. The molecule has 0 heterocycles. The van der Waals surface area contributed by atoms with Crippen LogP contribution in [-0.2, 0) is 14.8 Å². The van der Waals surface area contributed by atoms with E-state index in [4.69, 9.17) is 0 Å². The minimum atomic E-state index is -4.41. The van der Waals surface area contributed by atoms with E-state index in [0.29, 0.717) is 6.42 Å². The third-order valence-corrected chi connectivity index (χ3v) is 4.49. The normalized spacial score (nSPS) is 11.7. The topological polar surface area (TPSA) is 66.5 Å². The first-order chi connectivity index (χ1) is 9.34. The fourth-order valence-corrected chi connectivity index (χ4v) is 3.23. The summed E-state index contributed by atoms with van der Waals surface area (Å²) >= 11 is 0. The molecule has 0 aliphatic rings. The second kappa shape index (κ2) is 6.76. The fourth-order valence-electron chi connectivity index (χ4n) is 1.63. The summed E-state index contributed by atoms with van der Waals surface area (Å²) in [6.07, 6.45) is 0.409. The Kier molecular flexibility index (Phi) is 5.58. The van der Waals surface area contributed by atoms with Crippen LogP contribution in [0.2, 0.25) is 0 Å². The van der Waals surface area contributed by atoms with E-state index in [-0.39, 0.29) is 6.54 Å². The van der Waals surface area contributed by atoms with Crippen LogP contribution in [0.1, 0.15) is 13.3 Å². The smallest absolute Gasteiger partial charge is 0.249 e. The van der Waals surface area contributed by atoms with Gasteiger partial charge in [-0.25, -0.2) is 17.2 Å². The van der Waals surface area contributed by atoms with E-state index in [1.54, 1.807) is 6.92 Å². The molecule has 0 fully saturated rings. The molecule has 20 heavy (non-hydrogen) atoms. The van der Waals surface area contributed by atoms with Gasteiger partial charge < -0.3 is 5.32 Å². The van der Waals surface area contributed by atoms with Gasteiger partial charge in [-0.2, -0.15) is 4.31 Å². The number of halogens is 2. The summed E-state index contributed by atoms with van der Waals surface area (Å²) in [5.74, 6) is -2.91. The van der Waals surface area contributed by atoms with Crippen LogP contribution < -0.4 is 5.32 Å². The van der Waals surface area contributed by atoms with E-state index in [9.17, 15) is 22.0 Å². The zero-order chi connectivity index (χ0) is 15.3. The molecule has 0 atom stereocenters. The maximum absolute atomic E-state index is 13.6. The standard InChI is InChI=1S/C12H16F2N2O3S/c1-3-7-16(8-11(17)15-2)20(18,19)12-9(13)5-4-6-10(12)14/h4-6H,3,7-8H2,1-2H3,(H,15,17). The van der Waals surface area contributed by atoms with Crippen molar-refractivity contribution in [1.29, 1.82) is 0 Å². The van der Waals surface area contributed by atoms with E-state index in [0.717, 1.165) is 22.5 Å². The summed E-state index contributed by atoms with van der Waals surface area (Å²) < 4.78 is 52.6. The van der Waals surface area contributed by atoms with Gasteiger partial charge in [-0.15, -0.1) is 0 Å². The summed E-state index contributed by atoms with van der Waals surface area (Å²) in [5, 5.41) is 2.27. The molecule has 0 saturated carbocycles. The highest BCUT2D eigenvalue weighted by Crippen LogP contribution is 2.22. The van der Waals surface area contributed by atoms with Gasteiger partial charge in [0.2, 0.25) is 15.9 Å². The summed E-state index contributed by atoms with van der Waals surface area (Å²) in [4.78, 5) is 10.3. The summed E-state index contributed by atoms with van der Waals surface area (Å²) in [7, 11) is -3.06. The second-order valence-corrected chi connectivity index (χ2v) is 5.94.